The molecule has 3 amide bonds. The highest BCUT2D eigenvalue weighted by atomic mass is 32.2. The van der Waals surface area contributed by atoms with Crippen molar-refractivity contribution in [1.82, 2.24) is 0 Å². The molecule has 8 rings (SSSR count). The van der Waals surface area contributed by atoms with Crippen molar-refractivity contribution in [2.45, 2.75) is 44.0 Å². The van der Waals surface area contributed by atoms with E-state index in [9.17, 15) is 53.2 Å². The molecular weight excluding hydrogens is 1080 g/mol. The first-order valence-electron chi connectivity index (χ1n) is 24.3. The standard InChI is InChI=1S/C22H21FN2O3S.C21H19FN2O.C16H15F3N2O4S/c1-29(27,28)25-20-4-2-3-17(14-20)21-11-7-16(13-18(21)8-12-22(24)26)15-5-9-19(23)10-6-15;22-18-8-4-14(5-9-18)15-6-10-20(16-2-1-3-19(23)13-16)17(12-15)7-11-21(24)25;17-16(18,19)26(23,24)25-13-5-6-14(10-2-1-3-12(20)8-10)11(9-13)4-7-15(21)22/h2-7,9-11,13-14,25H,8,12H2,1H3,(H2,24,26);1-6,8-10,12-13H,7,11,23H2,(H2,24,25);1-3,5-6,8-9H,4,7,20H2,(H2,21,22). The van der Waals surface area contributed by atoms with Gasteiger partial charge in [0.15, 0.2) is 0 Å². The second-order valence-corrected chi connectivity index (χ2v) is 21.5. The van der Waals surface area contributed by atoms with Crippen LogP contribution in [0, 0.1) is 11.6 Å². The number of hydrogen-bond acceptors (Lipinski definition) is 10. The Morgan fingerprint density at radius 3 is 1.20 bits per heavy atom. The highest BCUT2D eigenvalue weighted by molar-refractivity contribution is 7.92. The number of nitrogens with two attached hydrogens (primary N) is 5. The van der Waals surface area contributed by atoms with E-state index in [4.69, 9.17) is 28.7 Å². The third kappa shape index (κ3) is 17.7. The van der Waals surface area contributed by atoms with Gasteiger partial charge in [0.1, 0.15) is 17.4 Å². The minimum Gasteiger partial charge on any atom is -0.399 e. The monoisotopic (exact) mass is 1130 g/mol. The predicted molar refractivity (Wildman–Crippen MR) is 302 cm³/mol. The van der Waals surface area contributed by atoms with Crippen LogP contribution in [0.4, 0.5) is 39.0 Å². The van der Waals surface area contributed by atoms with E-state index in [2.05, 4.69) is 8.91 Å². The molecule has 0 saturated heterocycles. The largest absolute Gasteiger partial charge is 0.534 e. The molecule has 0 unspecified atom stereocenters. The van der Waals surface area contributed by atoms with Crippen molar-refractivity contribution in [2.24, 2.45) is 17.2 Å². The normalized spacial score (nSPS) is 11.3. The summed E-state index contributed by atoms with van der Waals surface area (Å²) in [5.41, 5.74) is 34.2. The lowest BCUT2D eigenvalue weighted by Gasteiger charge is -2.14. The van der Waals surface area contributed by atoms with Gasteiger partial charge in [-0.3, -0.25) is 19.1 Å². The molecule has 8 aromatic carbocycles. The van der Waals surface area contributed by atoms with Gasteiger partial charge >= 0.3 is 15.6 Å². The van der Waals surface area contributed by atoms with Crippen LogP contribution in [-0.4, -0.2) is 46.3 Å². The van der Waals surface area contributed by atoms with Crippen LogP contribution < -0.4 is 37.6 Å². The fraction of sp³-hybridized carbons (Fsp3) is 0.136. The van der Waals surface area contributed by atoms with Gasteiger partial charge in [-0.1, -0.05) is 103 Å². The summed E-state index contributed by atoms with van der Waals surface area (Å²) < 4.78 is 116. The van der Waals surface area contributed by atoms with Crippen LogP contribution in [-0.2, 0) is 53.8 Å². The van der Waals surface area contributed by atoms with Crippen LogP contribution in [0.2, 0.25) is 0 Å². The van der Waals surface area contributed by atoms with E-state index >= 15 is 0 Å². The number of alkyl halides is 3. The van der Waals surface area contributed by atoms with Crippen molar-refractivity contribution < 1.29 is 57.4 Å². The Labute approximate surface area is 459 Å². The van der Waals surface area contributed by atoms with Crippen molar-refractivity contribution in [3.63, 3.8) is 0 Å². The third-order valence-corrected chi connectivity index (χ3v) is 13.5. The molecule has 0 aliphatic carbocycles. The van der Waals surface area contributed by atoms with E-state index in [1.807, 2.05) is 66.7 Å². The van der Waals surface area contributed by atoms with E-state index in [1.54, 1.807) is 66.7 Å². The van der Waals surface area contributed by atoms with Crippen molar-refractivity contribution in [3.05, 3.63) is 204 Å². The summed E-state index contributed by atoms with van der Waals surface area (Å²) in [4.78, 5) is 33.6. The minimum absolute atomic E-state index is 0.0786. The van der Waals surface area contributed by atoms with Crippen molar-refractivity contribution in [1.29, 1.82) is 0 Å². The molecule has 11 N–H and O–H groups in total. The zero-order chi connectivity index (χ0) is 58.4. The number of primary amides is 3. The number of hydrogen-bond donors (Lipinski definition) is 6. The molecule has 0 aliphatic heterocycles. The molecular formula is C59H55F5N6O8S2. The molecule has 8 aromatic rings. The number of carbonyl (C=O) groups excluding carboxylic acids is 3. The maximum atomic E-state index is 13.2. The van der Waals surface area contributed by atoms with Gasteiger partial charge in [0, 0.05) is 36.3 Å². The number of halogens is 5. The summed E-state index contributed by atoms with van der Waals surface area (Å²) >= 11 is 0. The maximum Gasteiger partial charge on any atom is 0.534 e. The van der Waals surface area contributed by atoms with Crippen molar-refractivity contribution in [2.75, 3.05) is 22.4 Å². The average Bonchev–Trinajstić information content (AvgIpc) is 3.45. The smallest absolute Gasteiger partial charge is 0.399 e. The molecule has 0 bridgehead atoms. The number of carbonyl (C=O) groups is 3. The van der Waals surface area contributed by atoms with Crippen LogP contribution in [0.3, 0.4) is 0 Å². The van der Waals surface area contributed by atoms with Crippen molar-refractivity contribution >= 4 is 54.9 Å². The molecule has 21 heteroatoms. The molecule has 0 fully saturated rings. The summed E-state index contributed by atoms with van der Waals surface area (Å²) in [7, 11) is -9.19. The van der Waals surface area contributed by atoms with E-state index in [-0.39, 0.29) is 43.2 Å². The fourth-order valence-corrected chi connectivity index (χ4v) is 9.25. The Balaban J connectivity index is 0.000000194. The number of anilines is 3. The average molecular weight is 1140 g/mol. The second kappa shape index (κ2) is 26.5. The Morgan fingerprint density at radius 2 is 0.825 bits per heavy atom. The summed E-state index contributed by atoms with van der Waals surface area (Å²) in [6.45, 7) is 0. The van der Waals surface area contributed by atoms with E-state index in [0.29, 0.717) is 46.6 Å². The Bertz CT molecular complexity index is 3750. The van der Waals surface area contributed by atoms with E-state index < -0.39 is 43.2 Å². The molecule has 0 radical (unpaired) electrons. The lowest BCUT2D eigenvalue weighted by Crippen LogP contribution is -2.28. The van der Waals surface area contributed by atoms with Gasteiger partial charge in [-0.15, -0.1) is 0 Å². The highest BCUT2D eigenvalue weighted by Gasteiger charge is 2.48. The zero-order valence-corrected chi connectivity index (χ0v) is 44.5. The van der Waals surface area contributed by atoms with Crippen molar-refractivity contribution in [3.8, 4) is 61.4 Å². The van der Waals surface area contributed by atoms with Crippen LogP contribution >= 0.6 is 0 Å². The molecule has 0 atom stereocenters. The Kier molecular flexibility index (Phi) is 19.9. The summed E-state index contributed by atoms with van der Waals surface area (Å²) in [6.07, 6.45) is 2.52. The van der Waals surface area contributed by atoms with E-state index in [0.717, 1.165) is 74.0 Å². The quantitative estimate of drug-likeness (QED) is 0.0205. The molecule has 416 valence electrons. The topological polar surface area (TPSA) is 271 Å². The molecule has 80 heavy (non-hydrogen) atoms. The van der Waals surface area contributed by atoms with Gasteiger partial charge in [0.05, 0.1) is 6.26 Å². The van der Waals surface area contributed by atoms with Gasteiger partial charge in [0.25, 0.3) is 0 Å². The second-order valence-electron chi connectivity index (χ2n) is 18.2. The van der Waals surface area contributed by atoms with Crippen LogP contribution in [0.1, 0.15) is 36.0 Å². The Morgan fingerprint density at radius 1 is 0.463 bits per heavy atom. The van der Waals surface area contributed by atoms with Gasteiger partial charge in [0.2, 0.25) is 27.7 Å². The van der Waals surface area contributed by atoms with Gasteiger partial charge < -0.3 is 32.9 Å². The SMILES string of the molecule is CS(=O)(=O)Nc1cccc(-c2ccc(-c3ccc(F)cc3)cc2CCC(N)=O)c1.NC(=O)CCc1cc(-c2ccc(F)cc2)ccc1-c1cccc(N)c1.NC(=O)CCc1cc(OS(=O)(=O)C(F)(F)F)ccc1-c1cccc(N)c1. The predicted octanol–water partition coefficient (Wildman–Crippen LogP) is 10.7. The number of nitrogen functional groups attached to an aromatic ring is 2. The molecule has 0 aromatic heterocycles. The third-order valence-electron chi connectivity index (χ3n) is 11.9. The molecule has 0 heterocycles. The number of nitrogens with one attached hydrogen (secondary N) is 1. The van der Waals surface area contributed by atoms with Gasteiger partial charge in [-0.25, -0.2) is 17.2 Å². The maximum absolute atomic E-state index is 13.2. The van der Waals surface area contributed by atoms with Crippen LogP contribution in [0.15, 0.2) is 176 Å². The summed E-state index contributed by atoms with van der Waals surface area (Å²) in [5, 5.41) is 0. The first-order chi connectivity index (χ1) is 37.7. The molecule has 0 spiro atoms. The number of benzene rings is 8. The first-order valence-corrected chi connectivity index (χ1v) is 27.6. The summed E-state index contributed by atoms with van der Waals surface area (Å²) in [6, 6.07) is 49.3. The lowest BCUT2D eigenvalue weighted by atomic mass is 9.92. The van der Waals surface area contributed by atoms with Crippen LogP contribution in [0.25, 0.3) is 55.6 Å². The minimum atomic E-state index is -5.79. The number of aryl methyl sites for hydroxylation is 3. The zero-order valence-electron chi connectivity index (χ0n) is 42.8. The number of rotatable bonds is 18. The highest BCUT2D eigenvalue weighted by Crippen LogP contribution is 2.35. The Hall–Kier alpha value is -9.08. The molecule has 14 nitrogen and oxygen atoms in total. The lowest BCUT2D eigenvalue weighted by molar-refractivity contribution is -0.118. The first kappa shape index (κ1) is 60.2. The van der Waals surface area contributed by atoms with Gasteiger partial charge in [-0.05, 0) is 164 Å². The molecule has 0 aliphatic rings. The summed E-state index contributed by atoms with van der Waals surface area (Å²) in [5.74, 6) is -2.46. The number of sulfonamides is 1. The number of amides is 3. The van der Waals surface area contributed by atoms with Gasteiger partial charge in [-0.2, -0.15) is 21.6 Å². The van der Waals surface area contributed by atoms with Crippen LogP contribution in [0.5, 0.6) is 5.75 Å². The fourth-order valence-electron chi connectivity index (χ4n) is 8.24. The van der Waals surface area contributed by atoms with E-state index in [1.165, 1.54) is 30.3 Å². The molecule has 0 saturated carbocycles.